The van der Waals surface area contributed by atoms with Gasteiger partial charge in [-0.25, -0.2) is 14.4 Å². The van der Waals surface area contributed by atoms with Gasteiger partial charge in [-0.05, 0) is 30.7 Å². The smallest absolute Gasteiger partial charge is 0.226 e. The van der Waals surface area contributed by atoms with Crippen LogP contribution in [0.1, 0.15) is 12.6 Å². The molecule has 0 bridgehead atoms. The third-order valence-electron chi connectivity index (χ3n) is 4.37. The molecule has 0 spiro atoms. The van der Waals surface area contributed by atoms with Gasteiger partial charge < -0.3 is 9.64 Å². The molecular formula is C19H19FN4O. The second-order valence-corrected chi connectivity index (χ2v) is 6.03. The maximum atomic E-state index is 14.1. The molecule has 3 heterocycles. The van der Waals surface area contributed by atoms with Crippen molar-refractivity contribution >= 4 is 16.9 Å². The van der Waals surface area contributed by atoms with Gasteiger partial charge in [0, 0.05) is 35.9 Å². The number of hydrogen-bond acceptors (Lipinski definition) is 5. The SMILES string of the molecule is CCc1cc(-c2cc(F)cc3cccnc23)nc(N2CCOCC2)n1. The minimum atomic E-state index is -0.292. The molecule has 1 fully saturated rings. The van der Waals surface area contributed by atoms with Crippen molar-refractivity contribution in [1.82, 2.24) is 15.0 Å². The number of benzene rings is 1. The third-order valence-corrected chi connectivity index (χ3v) is 4.37. The molecule has 0 N–H and O–H groups in total. The highest BCUT2D eigenvalue weighted by Crippen LogP contribution is 2.29. The number of fused-ring (bicyclic) bond motifs is 1. The molecule has 0 atom stereocenters. The highest BCUT2D eigenvalue weighted by atomic mass is 19.1. The van der Waals surface area contributed by atoms with Gasteiger partial charge in [-0.15, -0.1) is 0 Å². The first-order chi connectivity index (χ1) is 12.2. The molecule has 6 heteroatoms. The van der Waals surface area contributed by atoms with Crippen LogP contribution in [-0.2, 0) is 11.2 Å². The van der Waals surface area contributed by atoms with Gasteiger partial charge in [-0.2, -0.15) is 0 Å². The minimum Gasteiger partial charge on any atom is -0.378 e. The Morgan fingerprint density at radius 2 is 2.00 bits per heavy atom. The normalized spacial score (nSPS) is 14.9. The van der Waals surface area contributed by atoms with Gasteiger partial charge in [0.25, 0.3) is 0 Å². The van der Waals surface area contributed by atoms with E-state index in [1.54, 1.807) is 6.20 Å². The van der Waals surface area contributed by atoms with Gasteiger partial charge in [0.05, 0.1) is 24.4 Å². The Bertz CT molecular complexity index is 909. The molecule has 0 radical (unpaired) electrons. The molecule has 0 unspecified atom stereocenters. The zero-order valence-corrected chi connectivity index (χ0v) is 14.1. The topological polar surface area (TPSA) is 51.1 Å². The molecule has 1 saturated heterocycles. The summed E-state index contributed by atoms with van der Waals surface area (Å²) in [5.74, 6) is 0.381. The quantitative estimate of drug-likeness (QED) is 0.734. The molecule has 4 rings (SSSR count). The summed E-state index contributed by atoms with van der Waals surface area (Å²) >= 11 is 0. The number of aryl methyl sites for hydroxylation is 1. The van der Waals surface area contributed by atoms with E-state index in [4.69, 9.17) is 9.72 Å². The van der Waals surface area contributed by atoms with E-state index in [-0.39, 0.29) is 5.82 Å². The van der Waals surface area contributed by atoms with Crippen LogP contribution in [0, 0.1) is 5.82 Å². The highest BCUT2D eigenvalue weighted by Gasteiger charge is 2.17. The summed E-state index contributed by atoms with van der Waals surface area (Å²) in [5.41, 5.74) is 3.08. The fourth-order valence-corrected chi connectivity index (χ4v) is 3.06. The van der Waals surface area contributed by atoms with E-state index >= 15 is 0 Å². The summed E-state index contributed by atoms with van der Waals surface area (Å²) in [4.78, 5) is 15.9. The molecule has 128 valence electrons. The van der Waals surface area contributed by atoms with Crippen molar-refractivity contribution in [1.29, 1.82) is 0 Å². The van der Waals surface area contributed by atoms with Crippen LogP contribution in [0.3, 0.4) is 0 Å². The van der Waals surface area contributed by atoms with E-state index in [9.17, 15) is 4.39 Å². The van der Waals surface area contributed by atoms with Gasteiger partial charge >= 0.3 is 0 Å². The first-order valence-corrected chi connectivity index (χ1v) is 8.50. The van der Waals surface area contributed by atoms with Gasteiger partial charge in [0.2, 0.25) is 5.95 Å². The van der Waals surface area contributed by atoms with Gasteiger partial charge in [0.15, 0.2) is 0 Å². The Hall–Kier alpha value is -2.60. The average Bonchev–Trinajstić information content (AvgIpc) is 2.67. The summed E-state index contributed by atoms with van der Waals surface area (Å²) < 4.78 is 19.5. The molecule has 1 aromatic carbocycles. The third kappa shape index (κ3) is 3.17. The van der Waals surface area contributed by atoms with Crippen LogP contribution < -0.4 is 4.90 Å². The predicted octanol–water partition coefficient (Wildman–Crippen LogP) is 3.23. The predicted molar refractivity (Wildman–Crippen MR) is 95.1 cm³/mol. The fraction of sp³-hybridized carbons (Fsp3) is 0.316. The number of anilines is 1. The van der Waals surface area contributed by atoms with Crippen molar-refractivity contribution in [2.24, 2.45) is 0 Å². The summed E-state index contributed by atoms with van der Waals surface area (Å²) in [7, 11) is 0. The summed E-state index contributed by atoms with van der Waals surface area (Å²) in [6.45, 7) is 4.90. The summed E-state index contributed by atoms with van der Waals surface area (Å²) in [6, 6.07) is 8.59. The van der Waals surface area contributed by atoms with Crippen LogP contribution in [-0.4, -0.2) is 41.3 Å². The van der Waals surface area contributed by atoms with Crippen molar-refractivity contribution in [2.45, 2.75) is 13.3 Å². The van der Waals surface area contributed by atoms with Gasteiger partial charge in [0.1, 0.15) is 5.82 Å². The Morgan fingerprint density at radius 3 is 2.80 bits per heavy atom. The van der Waals surface area contributed by atoms with Gasteiger partial charge in [-0.3, -0.25) is 4.98 Å². The Balaban J connectivity index is 1.87. The van der Waals surface area contributed by atoms with E-state index in [0.717, 1.165) is 36.1 Å². The lowest BCUT2D eigenvalue weighted by Gasteiger charge is -2.27. The first kappa shape index (κ1) is 15.9. The lowest BCUT2D eigenvalue weighted by Crippen LogP contribution is -2.37. The molecule has 1 aliphatic rings. The zero-order valence-electron chi connectivity index (χ0n) is 14.1. The molecule has 1 aliphatic heterocycles. The second kappa shape index (κ2) is 6.72. The van der Waals surface area contributed by atoms with Crippen LogP contribution in [0.25, 0.3) is 22.2 Å². The molecule has 3 aromatic rings. The van der Waals surface area contributed by atoms with Crippen molar-refractivity contribution in [3.63, 3.8) is 0 Å². The van der Waals surface area contributed by atoms with E-state index in [1.165, 1.54) is 12.1 Å². The number of morpholine rings is 1. The Kier molecular flexibility index (Phi) is 4.28. The number of ether oxygens (including phenoxy) is 1. The number of hydrogen-bond donors (Lipinski definition) is 0. The lowest BCUT2D eigenvalue weighted by molar-refractivity contribution is 0.122. The van der Waals surface area contributed by atoms with E-state index in [0.29, 0.717) is 30.4 Å². The number of aromatic nitrogens is 3. The van der Waals surface area contributed by atoms with Crippen LogP contribution in [0.15, 0.2) is 36.5 Å². The fourth-order valence-electron chi connectivity index (χ4n) is 3.06. The molecular weight excluding hydrogens is 319 g/mol. The van der Waals surface area contributed by atoms with E-state index < -0.39 is 0 Å². The van der Waals surface area contributed by atoms with Crippen molar-refractivity contribution in [3.05, 3.63) is 48.0 Å². The van der Waals surface area contributed by atoms with Crippen molar-refractivity contribution in [2.75, 3.05) is 31.2 Å². The standard InChI is InChI=1S/C19H19FN4O/c1-2-15-12-17(23-19(22-15)24-6-8-25-9-7-24)16-11-14(20)10-13-4-3-5-21-18(13)16/h3-5,10-12H,2,6-9H2,1H3. The highest BCUT2D eigenvalue weighted by molar-refractivity contribution is 5.92. The summed E-state index contributed by atoms with van der Waals surface area (Å²) in [5, 5.41) is 0.766. The van der Waals surface area contributed by atoms with Crippen molar-refractivity contribution in [3.8, 4) is 11.3 Å². The van der Waals surface area contributed by atoms with E-state index in [1.807, 2.05) is 18.2 Å². The molecule has 0 amide bonds. The zero-order chi connectivity index (χ0) is 17.2. The van der Waals surface area contributed by atoms with Crippen molar-refractivity contribution < 1.29 is 9.13 Å². The first-order valence-electron chi connectivity index (χ1n) is 8.50. The maximum Gasteiger partial charge on any atom is 0.226 e. The average molecular weight is 338 g/mol. The number of rotatable bonds is 3. The largest absolute Gasteiger partial charge is 0.378 e. The van der Waals surface area contributed by atoms with Crippen LogP contribution in [0.2, 0.25) is 0 Å². The van der Waals surface area contributed by atoms with Crippen LogP contribution >= 0.6 is 0 Å². The monoisotopic (exact) mass is 338 g/mol. The molecule has 25 heavy (non-hydrogen) atoms. The number of halogens is 1. The van der Waals surface area contributed by atoms with Gasteiger partial charge in [-0.1, -0.05) is 13.0 Å². The Morgan fingerprint density at radius 1 is 1.16 bits per heavy atom. The lowest BCUT2D eigenvalue weighted by atomic mass is 10.1. The molecule has 5 nitrogen and oxygen atoms in total. The number of nitrogens with zero attached hydrogens (tertiary/aromatic N) is 4. The summed E-state index contributed by atoms with van der Waals surface area (Å²) in [6.07, 6.45) is 2.50. The van der Waals surface area contributed by atoms with Crippen LogP contribution in [0.4, 0.5) is 10.3 Å². The maximum absolute atomic E-state index is 14.1. The minimum absolute atomic E-state index is 0.292. The van der Waals surface area contributed by atoms with Crippen LogP contribution in [0.5, 0.6) is 0 Å². The molecule has 0 saturated carbocycles. The molecule has 0 aliphatic carbocycles. The second-order valence-electron chi connectivity index (χ2n) is 6.03. The Labute approximate surface area is 145 Å². The number of pyridine rings is 1. The molecule has 2 aromatic heterocycles. The van der Waals surface area contributed by atoms with E-state index in [2.05, 4.69) is 21.8 Å².